The lowest BCUT2D eigenvalue weighted by atomic mass is 10.2. The van der Waals surface area contributed by atoms with Crippen LogP contribution in [0.3, 0.4) is 0 Å². The molecule has 68 valence electrons. The summed E-state index contributed by atoms with van der Waals surface area (Å²) < 4.78 is 0. The molecule has 0 spiro atoms. The smallest absolute Gasteiger partial charge is 0.360 e. The fraction of sp³-hybridized carbons (Fsp3) is 0.571. The molecule has 0 rings (SSSR count). The molecule has 0 aliphatic carbocycles. The van der Waals surface area contributed by atoms with Gasteiger partial charge in [0, 0.05) is 11.0 Å². The van der Waals surface area contributed by atoms with Crippen molar-refractivity contribution in [3.63, 3.8) is 0 Å². The molecule has 0 heterocycles. The van der Waals surface area contributed by atoms with Gasteiger partial charge in [-0.05, 0) is 0 Å². The zero-order valence-electron chi connectivity index (χ0n) is 7.15. The predicted molar refractivity (Wildman–Crippen MR) is 42.5 cm³/mol. The van der Waals surface area contributed by atoms with E-state index in [2.05, 4.69) is 11.7 Å². The maximum Gasteiger partial charge on any atom is 0.360 e. The third kappa shape index (κ3) is 4.43. The van der Waals surface area contributed by atoms with E-state index in [1.807, 2.05) is 13.8 Å². The summed E-state index contributed by atoms with van der Waals surface area (Å²) in [5.41, 5.74) is -0.439. The number of hydrogen-bond acceptors (Lipinski definition) is 3. The van der Waals surface area contributed by atoms with Crippen LogP contribution >= 0.6 is 0 Å². The average Bonchev–Trinajstić information content (AvgIpc) is 1.84. The van der Waals surface area contributed by atoms with Crippen LogP contribution in [-0.2, 0) is 4.79 Å². The molecule has 0 aromatic rings. The van der Waals surface area contributed by atoms with E-state index in [4.69, 9.17) is 5.11 Å². The Kier molecular flexibility index (Phi) is 3.96. The van der Waals surface area contributed by atoms with Gasteiger partial charge in [-0.2, -0.15) is 0 Å². The monoisotopic (exact) mass is 173 g/mol. The Morgan fingerprint density at radius 2 is 2.25 bits per heavy atom. The van der Waals surface area contributed by atoms with Gasteiger partial charge in [-0.3, -0.25) is 0 Å². The SMILES string of the molecule is C=C(N=[15N+]([O-])CC(C)C)C(=O)O. The highest BCUT2D eigenvalue weighted by molar-refractivity contribution is 5.84. The lowest BCUT2D eigenvalue weighted by molar-refractivity contribution is -0.532. The van der Waals surface area contributed by atoms with Crippen LogP contribution in [0.15, 0.2) is 17.4 Å². The minimum Gasteiger partial charge on any atom is -0.600 e. The maximum atomic E-state index is 10.8. The molecule has 0 atom stereocenters. The van der Waals surface area contributed by atoms with Crippen molar-refractivity contribution >= 4 is 5.97 Å². The van der Waals surface area contributed by atoms with Crippen molar-refractivity contribution in [2.45, 2.75) is 13.8 Å². The van der Waals surface area contributed by atoms with Crippen molar-refractivity contribution in [3.05, 3.63) is 17.5 Å². The van der Waals surface area contributed by atoms with E-state index in [9.17, 15) is 10.0 Å². The molecule has 0 radical (unpaired) electrons. The van der Waals surface area contributed by atoms with Crippen LogP contribution in [0.5, 0.6) is 0 Å². The van der Waals surface area contributed by atoms with Gasteiger partial charge < -0.3 is 10.3 Å². The van der Waals surface area contributed by atoms with Crippen molar-refractivity contribution in [1.82, 2.24) is 0 Å². The minimum absolute atomic E-state index is 0.146. The number of rotatable bonds is 4. The fourth-order valence-electron chi connectivity index (χ4n) is 0.531. The average molecular weight is 173 g/mol. The van der Waals surface area contributed by atoms with Crippen LogP contribution in [0, 0.1) is 11.1 Å². The molecule has 5 nitrogen and oxygen atoms in total. The first-order valence-corrected chi connectivity index (χ1v) is 3.52. The first-order valence-electron chi connectivity index (χ1n) is 3.52. The molecule has 0 amide bonds. The largest absolute Gasteiger partial charge is 0.600 e. The van der Waals surface area contributed by atoms with Gasteiger partial charge in [0.1, 0.15) is 0 Å². The van der Waals surface area contributed by atoms with Crippen molar-refractivity contribution in [1.29, 1.82) is 0 Å². The number of hydroxylamine groups is 1. The summed E-state index contributed by atoms with van der Waals surface area (Å²) in [5.74, 6) is -1.13. The van der Waals surface area contributed by atoms with E-state index in [1.165, 1.54) is 0 Å². The number of hydrogen-bond donors (Lipinski definition) is 1. The lowest BCUT2D eigenvalue weighted by Crippen LogP contribution is -2.10. The molecule has 0 saturated heterocycles. The summed E-state index contributed by atoms with van der Waals surface area (Å²) in [6, 6.07) is 0. The molecular formula is C7H12N2O3. The zero-order chi connectivity index (χ0) is 9.72. The molecule has 0 bridgehead atoms. The second kappa shape index (κ2) is 4.48. The normalized spacial score (nSPS) is 11.8. The Balaban J connectivity index is 4.16. The van der Waals surface area contributed by atoms with Gasteiger partial charge in [0.2, 0.25) is 5.70 Å². The summed E-state index contributed by atoms with van der Waals surface area (Å²) in [7, 11) is 0. The molecule has 0 aromatic carbocycles. The number of nitrogens with zero attached hydrogens (tertiary/aromatic N) is 2. The number of aliphatic carboxylic acids is 1. The Morgan fingerprint density at radius 1 is 1.75 bits per heavy atom. The quantitative estimate of drug-likeness (QED) is 0.228. The number of carboxylic acids is 1. The van der Waals surface area contributed by atoms with Crippen LogP contribution in [0.1, 0.15) is 13.8 Å². The van der Waals surface area contributed by atoms with Crippen molar-refractivity contribution < 1.29 is 14.8 Å². The molecule has 0 aliphatic heterocycles. The van der Waals surface area contributed by atoms with Gasteiger partial charge in [0.05, 0.1) is 0 Å². The van der Waals surface area contributed by atoms with Gasteiger partial charge in [0.15, 0.2) is 6.54 Å². The van der Waals surface area contributed by atoms with Crippen molar-refractivity contribution in [3.8, 4) is 0 Å². The highest BCUT2D eigenvalue weighted by Crippen LogP contribution is 1.97. The van der Waals surface area contributed by atoms with Crippen molar-refractivity contribution in [2.24, 2.45) is 11.0 Å². The van der Waals surface area contributed by atoms with Gasteiger partial charge in [0.25, 0.3) is 0 Å². The Labute approximate surface area is 70.6 Å². The standard InChI is InChI=1S/C7H12N2O3/c1-5(2)4-9(12)8-6(3)7(10)11/h5H,3-4H2,1-2H3,(H,10,11)/i9+1. The second-order valence-electron chi connectivity index (χ2n) is 2.78. The third-order valence-electron chi connectivity index (χ3n) is 1.00. The predicted octanol–water partition coefficient (Wildman–Crippen LogP) is 1.20. The first-order chi connectivity index (χ1) is 5.43. The van der Waals surface area contributed by atoms with Crippen molar-refractivity contribution in [2.75, 3.05) is 6.54 Å². The summed E-state index contributed by atoms with van der Waals surface area (Å²) in [6.45, 7) is 6.94. The molecule has 1 N–H and O–H groups in total. The van der Waals surface area contributed by atoms with Crippen LogP contribution < -0.4 is 0 Å². The molecule has 0 aromatic heterocycles. The molecule has 0 aliphatic rings. The van der Waals surface area contributed by atoms with E-state index in [1.54, 1.807) is 0 Å². The first kappa shape index (κ1) is 10.6. The van der Waals surface area contributed by atoms with Crippen LogP contribution in [-0.4, -0.2) is 22.5 Å². The summed E-state index contributed by atoms with van der Waals surface area (Å²) in [6.07, 6.45) is 0. The van der Waals surface area contributed by atoms with Gasteiger partial charge in [-0.1, -0.05) is 25.3 Å². The number of carbonyl (C=O) groups is 1. The summed E-state index contributed by atoms with van der Waals surface area (Å²) in [5, 5.41) is 22.3. The van der Waals surface area contributed by atoms with Gasteiger partial charge >= 0.3 is 5.97 Å². The van der Waals surface area contributed by atoms with Gasteiger partial charge in [-0.25, -0.2) is 4.79 Å². The van der Waals surface area contributed by atoms with E-state index < -0.39 is 11.7 Å². The molecule has 12 heavy (non-hydrogen) atoms. The Bertz CT molecular complexity index is 221. The highest BCUT2D eigenvalue weighted by atomic mass is 16.8. The molecule has 0 unspecified atom stereocenters. The van der Waals surface area contributed by atoms with Crippen LogP contribution in [0.2, 0.25) is 0 Å². The molecule has 0 saturated carbocycles. The van der Waals surface area contributed by atoms with E-state index in [0.29, 0.717) is 4.86 Å². The molecule has 5 heteroatoms. The Morgan fingerprint density at radius 3 is 2.58 bits per heavy atom. The second-order valence-corrected chi connectivity index (χ2v) is 2.78. The minimum atomic E-state index is -1.28. The van der Waals surface area contributed by atoms with Crippen LogP contribution in [0.25, 0.3) is 0 Å². The van der Waals surface area contributed by atoms with E-state index >= 15 is 0 Å². The van der Waals surface area contributed by atoms with E-state index in [0.717, 1.165) is 0 Å². The van der Waals surface area contributed by atoms with Crippen LogP contribution in [0.4, 0.5) is 0 Å². The summed E-state index contributed by atoms with van der Waals surface area (Å²) in [4.78, 5) is 10.5. The number of carboxylic acid groups (broad SMARTS) is 1. The van der Waals surface area contributed by atoms with Gasteiger partial charge in [-0.15, -0.1) is 0 Å². The fourth-order valence-corrected chi connectivity index (χ4v) is 0.531. The molecule has 0 fully saturated rings. The third-order valence-corrected chi connectivity index (χ3v) is 1.00. The zero-order valence-corrected chi connectivity index (χ0v) is 7.15. The maximum absolute atomic E-state index is 10.8. The molecular weight excluding hydrogens is 161 g/mol. The topological polar surface area (TPSA) is 75.7 Å². The van der Waals surface area contributed by atoms with E-state index in [-0.39, 0.29) is 12.5 Å². The lowest BCUT2D eigenvalue weighted by Gasteiger charge is -2.02. The highest BCUT2D eigenvalue weighted by Gasteiger charge is 2.07. The number of azo groups is 1. The summed E-state index contributed by atoms with van der Waals surface area (Å²) >= 11 is 0. The Hall–Kier alpha value is -1.39.